The zero-order valence-corrected chi connectivity index (χ0v) is 15.5. The third kappa shape index (κ3) is 3.68. The minimum Gasteiger partial charge on any atom is -0.309 e. The summed E-state index contributed by atoms with van der Waals surface area (Å²) in [7, 11) is -1.08. The van der Waals surface area contributed by atoms with Crippen molar-refractivity contribution in [3.63, 3.8) is 0 Å². The van der Waals surface area contributed by atoms with E-state index in [0.717, 1.165) is 16.5 Å². The molecule has 124 valence electrons. The largest absolute Gasteiger partial charge is 0.309 e. The van der Waals surface area contributed by atoms with Crippen LogP contribution in [0.3, 0.4) is 0 Å². The molecular formula is C14H15Cl2N3O2S2. The predicted octanol–water partition coefficient (Wildman–Crippen LogP) is 3.32. The van der Waals surface area contributed by atoms with Crippen LogP contribution < -0.4 is 0 Å². The quantitative estimate of drug-likeness (QED) is 0.747. The standard InChI is InChI=1S/C14H15Cl2N3O2S2/c1-19-13(9-5-6-23(20,21)8-9)17-18-14(19)22-7-10-11(15)3-2-4-12(10)16/h2-4,9H,5-8H2,1H3. The Morgan fingerprint density at radius 1 is 1.30 bits per heavy atom. The van der Waals surface area contributed by atoms with Gasteiger partial charge in [0.25, 0.3) is 0 Å². The summed E-state index contributed by atoms with van der Waals surface area (Å²) in [5, 5.41) is 10.3. The van der Waals surface area contributed by atoms with E-state index in [2.05, 4.69) is 10.2 Å². The highest BCUT2D eigenvalue weighted by molar-refractivity contribution is 7.98. The average Bonchev–Trinajstić information content (AvgIpc) is 3.01. The monoisotopic (exact) mass is 391 g/mol. The maximum atomic E-state index is 11.6. The van der Waals surface area contributed by atoms with Crippen LogP contribution in [0.4, 0.5) is 0 Å². The molecule has 1 atom stereocenters. The molecule has 9 heteroatoms. The summed E-state index contributed by atoms with van der Waals surface area (Å²) < 4.78 is 25.1. The molecule has 1 saturated heterocycles. The van der Waals surface area contributed by atoms with E-state index in [1.165, 1.54) is 11.8 Å². The fraction of sp³-hybridized carbons (Fsp3) is 0.429. The van der Waals surface area contributed by atoms with Crippen LogP contribution in [-0.4, -0.2) is 34.7 Å². The first-order valence-electron chi connectivity index (χ1n) is 7.03. The Hall–Kier alpha value is -0.760. The van der Waals surface area contributed by atoms with Crippen molar-refractivity contribution in [2.24, 2.45) is 7.05 Å². The van der Waals surface area contributed by atoms with E-state index >= 15 is 0 Å². The van der Waals surface area contributed by atoms with Crippen molar-refractivity contribution in [1.82, 2.24) is 14.8 Å². The molecule has 0 N–H and O–H groups in total. The summed E-state index contributed by atoms with van der Waals surface area (Å²) in [6, 6.07) is 5.41. The van der Waals surface area contributed by atoms with Crippen LogP contribution >= 0.6 is 35.0 Å². The van der Waals surface area contributed by atoms with Gasteiger partial charge in [-0.3, -0.25) is 0 Å². The molecule has 0 amide bonds. The molecule has 1 aromatic heterocycles. The van der Waals surface area contributed by atoms with E-state index in [1.54, 1.807) is 18.2 Å². The fourth-order valence-corrected chi connectivity index (χ4v) is 6.01. The highest BCUT2D eigenvalue weighted by Gasteiger charge is 2.32. The van der Waals surface area contributed by atoms with Gasteiger partial charge in [-0.05, 0) is 24.1 Å². The number of benzene rings is 1. The summed E-state index contributed by atoms with van der Waals surface area (Å²) in [5.74, 6) is 1.60. The maximum Gasteiger partial charge on any atom is 0.191 e. The smallest absolute Gasteiger partial charge is 0.191 e. The molecule has 0 radical (unpaired) electrons. The Morgan fingerprint density at radius 2 is 2.00 bits per heavy atom. The lowest BCUT2D eigenvalue weighted by Crippen LogP contribution is -2.09. The molecule has 1 aromatic carbocycles. The minimum atomic E-state index is -2.94. The van der Waals surface area contributed by atoms with Crippen molar-refractivity contribution >= 4 is 44.8 Å². The highest BCUT2D eigenvalue weighted by atomic mass is 35.5. The SMILES string of the molecule is Cn1c(SCc2c(Cl)cccc2Cl)nnc1C1CCS(=O)(=O)C1. The van der Waals surface area contributed by atoms with Crippen LogP contribution in [0.1, 0.15) is 23.7 Å². The summed E-state index contributed by atoms with van der Waals surface area (Å²) in [6.07, 6.45) is 0.606. The third-order valence-electron chi connectivity index (χ3n) is 3.87. The van der Waals surface area contributed by atoms with E-state index < -0.39 is 9.84 Å². The molecule has 0 saturated carbocycles. The number of nitrogens with zero attached hydrogens (tertiary/aromatic N) is 3. The number of hydrogen-bond acceptors (Lipinski definition) is 5. The van der Waals surface area contributed by atoms with Crippen molar-refractivity contribution < 1.29 is 8.42 Å². The van der Waals surface area contributed by atoms with Gasteiger partial charge in [-0.1, -0.05) is 41.0 Å². The second kappa shape index (κ2) is 6.63. The molecule has 5 nitrogen and oxygen atoms in total. The van der Waals surface area contributed by atoms with Gasteiger partial charge in [-0.25, -0.2) is 8.42 Å². The molecule has 0 aliphatic carbocycles. The van der Waals surface area contributed by atoms with Gasteiger partial charge in [0.1, 0.15) is 5.82 Å². The first-order chi connectivity index (χ1) is 10.9. The molecule has 0 spiro atoms. The van der Waals surface area contributed by atoms with Gasteiger partial charge >= 0.3 is 0 Å². The molecule has 1 aliphatic rings. The Bertz CT molecular complexity index is 816. The van der Waals surface area contributed by atoms with Gasteiger partial charge in [0.2, 0.25) is 0 Å². The summed E-state index contributed by atoms with van der Waals surface area (Å²) in [4.78, 5) is 0. The van der Waals surface area contributed by atoms with E-state index in [4.69, 9.17) is 23.2 Å². The second-order valence-corrected chi connectivity index (χ2v) is 9.47. The zero-order valence-electron chi connectivity index (χ0n) is 12.4. The Balaban J connectivity index is 1.75. The van der Waals surface area contributed by atoms with Crippen molar-refractivity contribution in [3.8, 4) is 0 Å². The van der Waals surface area contributed by atoms with E-state index in [9.17, 15) is 8.42 Å². The normalized spacial score (nSPS) is 20.0. The molecule has 2 aromatic rings. The van der Waals surface area contributed by atoms with Gasteiger partial charge < -0.3 is 4.57 Å². The Labute approximate surface area is 149 Å². The Kier molecular flexibility index (Phi) is 4.92. The van der Waals surface area contributed by atoms with Crippen LogP contribution in [0.5, 0.6) is 0 Å². The van der Waals surface area contributed by atoms with Crippen LogP contribution in [0.15, 0.2) is 23.4 Å². The first kappa shape index (κ1) is 17.1. The Morgan fingerprint density at radius 3 is 2.61 bits per heavy atom. The molecule has 1 fully saturated rings. The van der Waals surface area contributed by atoms with E-state index in [1.807, 2.05) is 11.6 Å². The maximum absolute atomic E-state index is 11.6. The van der Waals surface area contributed by atoms with Crippen LogP contribution in [0.2, 0.25) is 10.0 Å². The fourth-order valence-electron chi connectivity index (χ4n) is 2.61. The average molecular weight is 392 g/mol. The number of halogens is 2. The van der Waals surface area contributed by atoms with Crippen molar-refractivity contribution in [2.75, 3.05) is 11.5 Å². The zero-order chi connectivity index (χ0) is 16.6. The lowest BCUT2D eigenvalue weighted by Gasteiger charge is -2.09. The molecular weight excluding hydrogens is 377 g/mol. The number of rotatable bonds is 4. The van der Waals surface area contributed by atoms with Crippen molar-refractivity contribution in [1.29, 1.82) is 0 Å². The van der Waals surface area contributed by atoms with Crippen molar-refractivity contribution in [3.05, 3.63) is 39.6 Å². The van der Waals surface area contributed by atoms with Gasteiger partial charge in [0.15, 0.2) is 15.0 Å². The van der Waals surface area contributed by atoms with E-state index in [-0.39, 0.29) is 17.4 Å². The molecule has 3 rings (SSSR count). The number of thioether (sulfide) groups is 1. The van der Waals surface area contributed by atoms with E-state index in [0.29, 0.717) is 22.2 Å². The number of hydrogen-bond donors (Lipinski definition) is 0. The molecule has 0 bridgehead atoms. The first-order valence-corrected chi connectivity index (χ1v) is 10.6. The second-order valence-electron chi connectivity index (χ2n) is 5.49. The lowest BCUT2D eigenvalue weighted by atomic mass is 10.1. The van der Waals surface area contributed by atoms with Crippen LogP contribution in [0.25, 0.3) is 0 Å². The number of aromatic nitrogens is 3. The minimum absolute atomic E-state index is 0.0734. The van der Waals surface area contributed by atoms with Crippen LogP contribution in [-0.2, 0) is 22.6 Å². The van der Waals surface area contributed by atoms with Crippen LogP contribution in [0, 0.1) is 0 Å². The topological polar surface area (TPSA) is 64.8 Å². The third-order valence-corrected chi connectivity index (χ3v) is 7.40. The summed E-state index contributed by atoms with van der Waals surface area (Å²) >= 11 is 13.8. The molecule has 2 heterocycles. The van der Waals surface area contributed by atoms with Crippen molar-refractivity contribution in [2.45, 2.75) is 23.2 Å². The summed E-state index contributed by atoms with van der Waals surface area (Å²) in [5.41, 5.74) is 0.855. The number of sulfone groups is 1. The van der Waals surface area contributed by atoms with Gasteiger partial charge in [0.05, 0.1) is 11.5 Å². The highest BCUT2D eigenvalue weighted by Crippen LogP contribution is 2.33. The molecule has 1 unspecified atom stereocenters. The van der Waals surface area contributed by atoms with Gasteiger partial charge in [0, 0.05) is 28.8 Å². The van der Waals surface area contributed by atoms with Gasteiger partial charge in [-0.2, -0.15) is 0 Å². The molecule has 23 heavy (non-hydrogen) atoms. The van der Waals surface area contributed by atoms with Gasteiger partial charge in [-0.15, -0.1) is 10.2 Å². The predicted molar refractivity (Wildman–Crippen MR) is 93.0 cm³/mol. The summed E-state index contributed by atoms with van der Waals surface area (Å²) in [6.45, 7) is 0. The lowest BCUT2D eigenvalue weighted by molar-refractivity contribution is 0.599. The molecule has 1 aliphatic heterocycles.